The van der Waals surface area contributed by atoms with Crippen LogP contribution in [0.15, 0.2) is 83.5 Å². The maximum atomic E-state index is 12.7. The molecule has 0 aromatic heterocycles. The standard InChI is InChI=1S/C30H27ClN2O4/c1-18-27(33-29(36)37-19(2)24-5-3-4-6-26(24)31)25(17-32-18)22-9-7-20(8-10-22)21-11-13-23(14-12-21)30(15-16-30)28(34)35/h3-14,19H,15-17H2,1-2H3,(H,33,36)(H,34,35). The van der Waals surface area contributed by atoms with E-state index in [1.165, 1.54) is 0 Å². The number of benzene rings is 3. The van der Waals surface area contributed by atoms with Gasteiger partial charge in [0.15, 0.2) is 0 Å². The smallest absolute Gasteiger partial charge is 0.412 e. The van der Waals surface area contributed by atoms with Crippen LogP contribution in [0.3, 0.4) is 0 Å². The van der Waals surface area contributed by atoms with Gasteiger partial charge < -0.3 is 9.84 Å². The van der Waals surface area contributed by atoms with Gasteiger partial charge in [0.1, 0.15) is 6.10 Å². The summed E-state index contributed by atoms with van der Waals surface area (Å²) in [7, 11) is 0. The van der Waals surface area contributed by atoms with Crippen LogP contribution < -0.4 is 5.32 Å². The highest BCUT2D eigenvalue weighted by molar-refractivity contribution is 6.31. The van der Waals surface area contributed by atoms with Crippen molar-refractivity contribution in [1.29, 1.82) is 0 Å². The van der Waals surface area contributed by atoms with Gasteiger partial charge in [0, 0.05) is 16.2 Å². The van der Waals surface area contributed by atoms with Crippen LogP contribution in [0.25, 0.3) is 16.7 Å². The average Bonchev–Trinajstić information content (AvgIpc) is 3.64. The molecule has 6 nitrogen and oxygen atoms in total. The number of aliphatic imine (C=N–C) groups is 1. The predicted octanol–water partition coefficient (Wildman–Crippen LogP) is 6.80. The van der Waals surface area contributed by atoms with Gasteiger partial charge in [0.25, 0.3) is 0 Å². The van der Waals surface area contributed by atoms with Crippen molar-refractivity contribution in [3.05, 3.63) is 100 Å². The minimum Gasteiger partial charge on any atom is -0.481 e. The number of nitrogens with zero attached hydrogens (tertiary/aromatic N) is 1. The molecule has 0 bridgehead atoms. The number of carbonyl (C=O) groups is 2. The summed E-state index contributed by atoms with van der Waals surface area (Å²) < 4.78 is 5.58. The maximum absolute atomic E-state index is 12.7. The molecule has 2 N–H and O–H groups in total. The fraction of sp³-hybridized carbons (Fsp3) is 0.233. The topological polar surface area (TPSA) is 88.0 Å². The number of amides is 1. The summed E-state index contributed by atoms with van der Waals surface area (Å²) in [5.74, 6) is -0.751. The summed E-state index contributed by atoms with van der Waals surface area (Å²) >= 11 is 6.24. The van der Waals surface area contributed by atoms with E-state index in [0.717, 1.165) is 39.1 Å². The van der Waals surface area contributed by atoms with Crippen LogP contribution in [-0.4, -0.2) is 29.4 Å². The van der Waals surface area contributed by atoms with Crippen molar-refractivity contribution in [2.24, 2.45) is 4.99 Å². The molecule has 1 fully saturated rings. The van der Waals surface area contributed by atoms with E-state index in [-0.39, 0.29) is 0 Å². The molecule has 1 aliphatic carbocycles. The highest BCUT2D eigenvalue weighted by Gasteiger charge is 2.51. The fourth-order valence-electron chi connectivity index (χ4n) is 4.73. The number of carboxylic acid groups (broad SMARTS) is 1. The molecule has 3 aromatic carbocycles. The first-order chi connectivity index (χ1) is 17.8. The Hall–Kier alpha value is -3.90. The second kappa shape index (κ2) is 9.87. The molecule has 3 aromatic rings. The third-order valence-corrected chi connectivity index (χ3v) is 7.50. The largest absolute Gasteiger partial charge is 0.481 e. The van der Waals surface area contributed by atoms with Crippen molar-refractivity contribution < 1.29 is 19.4 Å². The van der Waals surface area contributed by atoms with Crippen LogP contribution in [0.1, 0.15) is 49.5 Å². The first-order valence-electron chi connectivity index (χ1n) is 12.2. The Morgan fingerprint density at radius 2 is 1.57 bits per heavy atom. The number of carboxylic acids is 1. The third kappa shape index (κ3) is 4.89. The number of allylic oxidation sites excluding steroid dienone is 1. The molecule has 7 heteroatoms. The van der Waals surface area contributed by atoms with E-state index >= 15 is 0 Å². The van der Waals surface area contributed by atoms with E-state index < -0.39 is 23.6 Å². The minimum atomic E-state index is -0.751. The van der Waals surface area contributed by atoms with Crippen molar-refractivity contribution in [2.75, 3.05) is 6.54 Å². The number of aliphatic carboxylic acids is 1. The lowest BCUT2D eigenvalue weighted by Gasteiger charge is -2.17. The van der Waals surface area contributed by atoms with Crippen LogP contribution in [0.2, 0.25) is 5.02 Å². The molecule has 1 saturated carbocycles. The summed E-state index contributed by atoms with van der Waals surface area (Å²) in [5.41, 5.74) is 6.19. The Morgan fingerprint density at radius 1 is 0.973 bits per heavy atom. The fourth-order valence-corrected chi connectivity index (χ4v) is 5.02. The zero-order valence-electron chi connectivity index (χ0n) is 20.6. The SMILES string of the molecule is CC1=NCC(c2ccc(-c3ccc(C4(C(=O)O)CC4)cc3)cc2)=C1NC(=O)OC(C)c1ccccc1Cl. The Balaban J connectivity index is 1.30. The van der Waals surface area contributed by atoms with Crippen LogP contribution in [0, 0.1) is 0 Å². The molecule has 1 amide bonds. The van der Waals surface area contributed by atoms with Crippen LogP contribution >= 0.6 is 11.6 Å². The molecular formula is C30H27ClN2O4. The minimum absolute atomic E-state index is 0.465. The van der Waals surface area contributed by atoms with E-state index in [9.17, 15) is 14.7 Å². The molecule has 0 saturated heterocycles. The molecule has 0 radical (unpaired) electrons. The van der Waals surface area contributed by atoms with Gasteiger partial charge in [0.2, 0.25) is 0 Å². The monoisotopic (exact) mass is 514 g/mol. The van der Waals surface area contributed by atoms with E-state index in [1.54, 1.807) is 13.0 Å². The Labute approximate surface area is 220 Å². The maximum Gasteiger partial charge on any atom is 0.412 e. The summed E-state index contributed by atoms with van der Waals surface area (Å²) in [6.45, 7) is 4.11. The van der Waals surface area contributed by atoms with Crippen molar-refractivity contribution in [3.63, 3.8) is 0 Å². The average molecular weight is 515 g/mol. The van der Waals surface area contributed by atoms with Crippen molar-refractivity contribution >= 4 is 34.9 Å². The van der Waals surface area contributed by atoms with Crippen molar-refractivity contribution in [1.82, 2.24) is 5.32 Å². The number of carbonyl (C=O) groups excluding carboxylic acids is 1. The van der Waals surface area contributed by atoms with Gasteiger partial charge in [0.05, 0.1) is 23.4 Å². The van der Waals surface area contributed by atoms with Crippen molar-refractivity contribution in [2.45, 2.75) is 38.2 Å². The molecule has 1 heterocycles. The van der Waals surface area contributed by atoms with Gasteiger partial charge in [-0.1, -0.05) is 78.3 Å². The Kier molecular flexibility index (Phi) is 6.61. The van der Waals surface area contributed by atoms with Gasteiger partial charge in [-0.3, -0.25) is 15.1 Å². The van der Waals surface area contributed by atoms with Gasteiger partial charge in [-0.15, -0.1) is 0 Å². The second-order valence-electron chi connectivity index (χ2n) is 9.49. The first kappa shape index (κ1) is 24.8. The summed E-state index contributed by atoms with van der Waals surface area (Å²) in [5, 5.41) is 12.9. The quantitative estimate of drug-likeness (QED) is 0.363. The molecule has 5 rings (SSSR count). The number of ether oxygens (including phenoxy) is 1. The van der Waals surface area contributed by atoms with Gasteiger partial charge in [-0.2, -0.15) is 0 Å². The number of nitrogens with one attached hydrogen (secondary N) is 1. The van der Waals surface area contributed by atoms with Gasteiger partial charge >= 0.3 is 12.1 Å². The molecule has 1 aliphatic heterocycles. The molecule has 2 aliphatic rings. The molecule has 37 heavy (non-hydrogen) atoms. The van der Waals surface area contributed by atoms with E-state index in [4.69, 9.17) is 16.3 Å². The molecule has 1 atom stereocenters. The lowest BCUT2D eigenvalue weighted by atomic mass is 9.93. The predicted molar refractivity (Wildman–Crippen MR) is 145 cm³/mol. The third-order valence-electron chi connectivity index (χ3n) is 7.16. The normalized spacial score (nSPS) is 16.7. The second-order valence-corrected chi connectivity index (χ2v) is 9.90. The lowest BCUT2D eigenvalue weighted by Crippen LogP contribution is -2.28. The number of halogens is 1. The van der Waals surface area contributed by atoms with Gasteiger partial charge in [-0.25, -0.2) is 4.79 Å². The van der Waals surface area contributed by atoms with E-state index in [0.29, 0.717) is 30.1 Å². The molecule has 1 unspecified atom stereocenters. The van der Waals surface area contributed by atoms with Crippen LogP contribution in [0.5, 0.6) is 0 Å². The summed E-state index contributed by atoms with van der Waals surface area (Å²) in [6.07, 6.45) is 0.307. The number of hydrogen-bond acceptors (Lipinski definition) is 4. The summed E-state index contributed by atoms with van der Waals surface area (Å²) in [6, 6.07) is 23.1. The van der Waals surface area contributed by atoms with Gasteiger partial charge in [-0.05, 0) is 55.0 Å². The van der Waals surface area contributed by atoms with E-state index in [1.807, 2.05) is 73.7 Å². The zero-order valence-corrected chi connectivity index (χ0v) is 21.4. The number of rotatable bonds is 7. The Bertz CT molecular complexity index is 1420. The zero-order chi connectivity index (χ0) is 26.2. The van der Waals surface area contributed by atoms with Crippen molar-refractivity contribution in [3.8, 4) is 11.1 Å². The summed E-state index contributed by atoms with van der Waals surface area (Å²) in [4.78, 5) is 28.8. The number of hydrogen-bond donors (Lipinski definition) is 2. The first-order valence-corrected chi connectivity index (χ1v) is 12.6. The molecule has 0 spiro atoms. The highest BCUT2D eigenvalue weighted by atomic mass is 35.5. The molecular weight excluding hydrogens is 488 g/mol. The van der Waals surface area contributed by atoms with Crippen LogP contribution in [-0.2, 0) is 14.9 Å². The van der Waals surface area contributed by atoms with Crippen LogP contribution in [0.4, 0.5) is 4.79 Å². The van der Waals surface area contributed by atoms with E-state index in [2.05, 4.69) is 10.3 Å². The highest BCUT2D eigenvalue weighted by Crippen LogP contribution is 2.48. The lowest BCUT2D eigenvalue weighted by molar-refractivity contribution is -0.140. The Morgan fingerprint density at radius 3 is 2.16 bits per heavy atom. The molecule has 188 valence electrons. The number of alkyl carbamates (subject to hydrolysis) is 1.